The third-order valence-electron chi connectivity index (χ3n) is 1.79. The molecule has 2 heterocycles. The van der Waals surface area contributed by atoms with Crippen LogP contribution in [-0.4, -0.2) is 43.3 Å². The van der Waals surface area contributed by atoms with Gasteiger partial charge in [0.1, 0.15) is 0 Å². The van der Waals surface area contributed by atoms with E-state index < -0.39 is 24.5 Å². The van der Waals surface area contributed by atoms with Gasteiger partial charge in [-0.25, -0.2) is 4.79 Å². The lowest BCUT2D eigenvalue weighted by atomic mass is 10.3. The van der Waals surface area contributed by atoms with Gasteiger partial charge in [-0.3, -0.25) is 14.8 Å². The molecule has 0 spiro atoms. The molecule has 2 aromatic heterocycles. The summed E-state index contributed by atoms with van der Waals surface area (Å²) in [4.78, 5) is 27.0. The van der Waals surface area contributed by atoms with Gasteiger partial charge in [-0.1, -0.05) is 12.1 Å². The van der Waals surface area contributed by atoms with Crippen LogP contribution in [0, 0.1) is 0 Å². The van der Waals surface area contributed by atoms with Crippen molar-refractivity contribution in [3.63, 3.8) is 0 Å². The fourth-order valence-corrected chi connectivity index (χ4v) is 0.878. The summed E-state index contributed by atoms with van der Waals surface area (Å²) in [7, 11) is 0. The van der Waals surface area contributed by atoms with Crippen molar-refractivity contribution in [2.75, 3.05) is 0 Å². The van der Waals surface area contributed by atoms with Crippen LogP contribution in [0.4, 0.5) is 0 Å². The minimum atomic E-state index is -1.79. The van der Waals surface area contributed by atoms with Gasteiger partial charge in [-0.15, -0.1) is 0 Å². The summed E-state index contributed by atoms with van der Waals surface area (Å²) in [5, 5.41) is 24.1. The van der Waals surface area contributed by atoms with Crippen molar-refractivity contribution in [1.29, 1.82) is 0 Å². The van der Waals surface area contributed by atoms with Gasteiger partial charge in [-0.2, -0.15) is 0 Å². The number of hydrogen-bond acceptors (Lipinski definition) is 5. The highest BCUT2D eigenvalue weighted by molar-refractivity contribution is 5.79. The number of aliphatic hydroxyl groups is 1. The molecule has 7 nitrogen and oxygen atoms in total. The van der Waals surface area contributed by atoms with Gasteiger partial charge in [0, 0.05) is 24.8 Å². The quantitative estimate of drug-likeness (QED) is 0.773. The normalized spacial score (nSPS) is 9.95. The second-order valence-electron chi connectivity index (χ2n) is 3.50. The number of carbonyl (C=O) groups is 2. The van der Waals surface area contributed by atoms with Gasteiger partial charge in [0.2, 0.25) is 0 Å². The second kappa shape index (κ2) is 12.2. The molecule has 0 radical (unpaired) electrons. The van der Waals surface area contributed by atoms with Crippen LogP contribution < -0.4 is 0 Å². The number of aliphatic hydroxyl groups excluding tert-OH is 1. The number of aromatic nitrogens is 2. The molecule has 1 atom stereocenters. The lowest BCUT2D eigenvalue weighted by Gasteiger charge is -1.97. The van der Waals surface area contributed by atoms with E-state index in [4.69, 9.17) is 15.3 Å². The molecule has 0 amide bonds. The van der Waals surface area contributed by atoms with Crippen molar-refractivity contribution in [3.05, 3.63) is 61.2 Å². The van der Waals surface area contributed by atoms with Crippen LogP contribution in [0.3, 0.4) is 0 Å². The molecule has 0 aliphatic rings. The summed E-state index contributed by atoms with van der Waals surface area (Å²) in [5.41, 5.74) is 0. The maximum absolute atomic E-state index is 9.72. The number of pyridine rings is 2. The Morgan fingerprint density at radius 3 is 1.29 bits per heavy atom. The molecule has 0 saturated carbocycles. The Balaban J connectivity index is 0.000000293. The van der Waals surface area contributed by atoms with Gasteiger partial charge in [-0.05, 0) is 24.3 Å². The van der Waals surface area contributed by atoms with Crippen LogP contribution in [0.1, 0.15) is 6.42 Å². The number of aliphatic carboxylic acids is 2. The Bertz CT molecular complexity index is 408. The zero-order valence-corrected chi connectivity index (χ0v) is 11.1. The third-order valence-corrected chi connectivity index (χ3v) is 1.79. The zero-order chi connectivity index (χ0) is 15.9. The van der Waals surface area contributed by atoms with Crippen molar-refractivity contribution in [2.24, 2.45) is 0 Å². The molecule has 7 heteroatoms. The van der Waals surface area contributed by atoms with Crippen molar-refractivity contribution in [2.45, 2.75) is 12.5 Å². The summed E-state index contributed by atoms with van der Waals surface area (Å²) < 4.78 is 0. The Labute approximate surface area is 121 Å². The Morgan fingerprint density at radius 1 is 0.810 bits per heavy atom. The molecule has 3 N–H and O–H groups in total. The molecule has 0 bridgehead atoms. The number of nitrogens with zero attached hydrogens (tertiary/aromatic N) is 2. The summed E-state index contributed by atoms with van der Waals surface area (Å²) in [6.45, 7) is 0. The summed E-state index contributed by atoms with van der Waals surface area (Å²) in [6.07, 6.45) is 4.46. The predicted molar refractivity (Wildman–Crippen MR) is 74.4 cm³/mol. The van der Waals surface area contributed by atoms with Gasteiger partial charge < -0.3 is 15.3 Å². The molecule has 21 heavy (non-hydrogen) atoms. The maximum Gasteiger partial charge on any atom is 0.333 e. The van der Waals surface area contributed by atoms with E-state index in [0.717, 1.165) is 0 Å². The lowest BCUT2D eigenvalue weighted by molar-refractivity contribution is -0.152. The highest BCUT2D eigenvalue weighted by atomic mass is 16.4. The van der Waals surface area contributed by atoms with E-state index in [9.17, 15) is 9.59 Å². The van der Waals surface area contributed by atoms with Crippen LogP contribution in [0.15, 0.2) is 61.2 Å². The fourth-order valence-electron chi connectivity index (χ4n) is 0.878. The smallest absolute Gasteiger partial charge is 0.333 e. The summed E-state index contributed by atoms with van der Waals surface area (Å²) in [6, 6.07) is 11.4. The van der Waals surface area contributed by atoms with Crippen molar-refractivity contribution < 1.29 is 24.9 Å². The molecule has 0 aliphatic carbocycles. The van der Waals surface area contributed by atoms with E-state index in [1.54, 1.807) is 24.8 Å². The van der Waals surface area contributed by atoms with E-state index in [0.29, 0.717) is 0 Å². The van der Waals surface area contributed by atoms with Gasteiger partial charge in [0.05, 0.1) is 6.42 Å². The largest absolute Gasteiger partial charge is 0.481 e. The van der Waals surface area contributed by atoms with Crippen LogP contribution in [0.2, 0.25) is 0 Å². The zero-order valence-electron chi connectivity index (χ0n) is 11.1. The van der Waals surface area contributed by atoms with E-state index >= 15 is 0 Å². The van der Waals surface area contributed by atoms with E-state index in [1.165, 1.54) is 0 Å². The maximum atomic E-state index is 9.72. The Morgan fingerprint density at radius 2 is 1.19 bits per heavy atom. The first kappa shape index (κ1) is 18.2. The molecule has 2 aromatic rings. The Hall–Kier alpha value is -2.80. The Kier molecular flexibility index (Phi) is 10.6. The molecule has 0 aromatic carbocycles. The molecule has 0 aliphatic heterocycles. The third kappa shape index (κ3) is 13.4. The number of carboxylic acids is 2. The SMILES string of the molecule is O=C(O)CC(O)C(=O)O.c1ccncc1.c1ccncc1. The summed E-state index contributed by atoms with van der Waals surface area (Å²) in [5.74, 6) is -2.85. The minimum Gasteiger partial charge on any atom is -0.481 e. The molecular formula is C14H16N2O5. The number of hydrogen-bond donors (Lipinski definition) is 3. The summed E-state index contributed by atoms with van der Waals surface area (Å²) >= 11 is 0. The second-order valence-corrected chi connectivity index (χ2v) is 3.50. The van der Waals surface area contributed by atoms with Crippen LogP contribution in [0.5, 0.6) is 0 Å². The molecule has 1 unspecified atom stereocenters. The van der Waals surface area contributed by atoms with Crippen LogP contribution >= 0.6 is 0 Å². The van der Waals surface area contributed by atoms with Crippen molar-refractivity contribution in [1.82, 2.24) is 9.97 Å². The molecule has 0 saturated heterocycles. The van der Waals surface area contributed by atoms with Crippen molar-refractivity contribution in [3.8, 4) is 0 Å². The van der Waals surface area contributed by atoms with Crippen molar-refractivity contribution >= 4 is 11.9 Å². The van der Waals surface area contributed by atoms with Crippen LogP contribution in [-0.2, 0) is 9.59 Å². The lowest BCUT2D eigenvalue weighted by Crippen LogP contribution is -2.22. The van der Waals surface area contributed by atoms with Gasteiger partial charge in [0.15, 0.2) is 6.10 Å². The topological polar surface area (TPSA) is 121 Å². The van der Waals surface area contributed by atoms with E-state index in [-0.39, 0.29) is 0 Å². The minimum absolute atomic E-state index is 0.755. The van der Waals surface area contributed by atoms with Gasteiger partial charge >= 0.3 is 11.9 Å². The monoisotopic (exact) mass is 292 g/mol. The van der Waals surface area contributed by atoms with E-state index in [2.05, 4.69) is 9.97 Å². The molecule has 0 fully saturated rings. The molecule has 2 rings (SSSR count). The van der Waals surface area contributed by atoms with Gasteiger partial charge in [0.25, 0.3) is 0 Å². The first-order valence-corrected chi connectivity index (χ1v) is 5.86. The molecule has 112 valence electrons. The van der Waals surface area contributed by atoms with Crippen LogP contribution in [0.25, 0.3) is 0 Å². The fraction of sp³-hybridized carbons (Fsp3) is 0.143. The molecular weight excluding hydrogens is 276 g/mol. The first-order chi connectivity index (χ1) is 10.0. The average Bonchev–Trinajstić information content (AvgIpc) is 2.51. The first-order valence-electron chi connectivity index (χ1n) is 5.86. The highest BCUT2D eigenvalue weighted by Crippen LogP contribution is 1.89. The number of carboxylic acid groups (broad SMARTS) is 2. The highest BCUT2D eigenvalue weighted by Gasteiger charge is 2.16. The average molecular weight is 292 g/mol. The standard InChI is InChI=1S/2C5H5N.C4H6O5/c2*1-2-4-6-5-3-1;5-2(4(8)9)1-3(6)7/h2*1-5H;2,5H,1H2,(H,6,7)(H,8,9). The number of rotatable bonds is 3. The predicted octanol–water partition coefficient (Wildman–Crippen LogP) is 1.07. The van der Waals surface area contributed by atoms with E-state index in [1.807, 2.05) is 36.4 Å².